The van der Waals surface area contributed by atoms with Crippen molar-refractivity contribution in [3.63, 3.8) is 0 Å². The van der Waals surface area contributed by atoms with Crippen LogP contribution in [0.2, 0.25) is 0 Å². The average molecular weight is 467 g/mol. The number of ether oxygens (including phenoxy) is 1. The minimum atomic E-state index is -3.71. The van der Waals surface area contributed by atoms with Crippen LogP contribution in [0.5, 0.6) is 0 Å². The van der Waals surface area contributed by atoms with Gasteiger partial charge in [0, 0.05) is 13.1 Å². The molecule has 0 aliphatic heterocycles. The maximum Gasteiger partial charge on any atom is 0.338 e. The number of nitrogens with zero attached hydrogens (tertiary/aromatic N) is 1. The highest BCUT2D eigenvalue weighted by Crippen LogP contribution is 2.16. The molecule has 8 heteroatoms. The SMILES string of the molecule is CNS(=O)(=O)c1cccc(C(=O)O[C@@H](C)C(=O)N(Cc2ccccc2)Cc2ccccc2)c1. The first-order chi connectivity index (χ1) is 15.8. The number of benzene rings is 3. The lowest BCUT2D eigenvalue weighted by molar-refractivity contribution is -0.141. The minimum Gasteiger partial charge on any atom is -0.449 e. The molecule has 0 aliphatic rings. The van der Waals surface area contributed by atoms with Crippen molar-refractivity contribution in [1.82, 2.24) is 9.62 Å². The number of carbonyl (C=O) groups excluding carboxylic acids is 2. The van der Waals surface area contributed by atoms with Crippen LogP contribution in [-0.4, -0.2) is 38.3 Å². The molecule has 0 fully saturated rings. The van der Waals surface area contributed by atoms with E-state index in [1.54, 1.807) is 4.90 Å². The van der Waals surface area contributed by atoms with Gasteiger partial charge in [0.2, 0.25) is 10.0 Å². The van der Waals surface area contributed by atoms with Crippen LogP contribution in [0.1, 0.15) is 28.4 Å². The number of hydrogen-bond donors (Lipinski definition) is 1. The van der Waals surface area contributed by atoms with E-state index in [1.807, 2.05) is 60.7 Å². The van der Waals surface area contributed by atoms with Gasteiger partial charge in [0.1, 0.15) is 0 Å². The maximum atomic E-state index is 13.2. The Morgan fingerprint density at radius 1 is 0.879 bits per heavy atom. The molecule has 3 aromatic rings. The zero-order chi connectivity index (χ0) is 23.8. The van der Waals surface area contributed by atoms with E-state index < -0.39 is 22.1 Å². The first-order valence-electron chi connectivity index (χ1n) is 10.4. The highest BCUT2D eigenvalue weighted by Gasteiger charge is 2.25. The van der Waals surface area contributed by atoms with Gasteiger partial charge in [0.05, 0.1) is 10.5 Å². The lowest BCUT2D eigenvalue weighted by Gasteiger charge is -2.26. The predicted octanol–water partition coefficient (Wildman–Crippen LogP) is 3.37. The van der Waals surface area contributed by atoms with Gasteiger partial charge in [-0.3, -0.25) is 4.79 Å². The lowest BCUT2D eigenvalue weighted by Crippen LogP contribution is -2.39. The Bertz CT molecular complexity index is 1160. The molecule has 3 rings (SSSR count). The van der Waals surface area contributed by atoms with Gasteiger partial charge in [-0.05, 0) is 43.3 Å². The summed E-state index contributed by atoms with van der Waals surface area (Å²) in [5.41, 5.74) is 1.94. The van der Waals surface area contributed by atoms with Crippen LogP contribution in [0.3, 0.4) is 0 Å². The van der Waals surface area contributed by atoms with Gasteiger partial charge in [-0.15, -0.1) is 0 Å². The number of esters is 1. The van der Waals surface area contributed by atoms with Crippen molar-refractivity contribution in [1.29, 1.82) is 0 Å². The van der Waals surface area contributed by atoms with Crippen molar-refractivity contribution in [3.8, 4) is 0 Å². The van der Waals surface area contributed by atoms with Crippen LogP contribution in [0.15, 0.2) is 89.8 Å². The fraction of sp³-hybridized carbons (Fsp3) is 0.200. The van der Waals surface area contributed by atoms with E-state index in [0.29, 0.717) is 13.1 Å². The summed E-state index contributed by atoms with van der Waals surface area (Å²) in [6.45, 7) is 2.22. The summed E-state index contributed by atoms with van der Waals surface area (Å²) < 4.78 is 31.7. The van der Waals surface area contributed by atoms with Crippen LogP contribution in [0.4, 0.5) is 0 Å². The second kappa shape index (κ2) is 10.9. The third-order valence-corrected chi connectivity index (χ3v) is 6.44. The average Bonchev–Trinajstić information content (AvgIpc) is 2.84. The largest absolute Gasteiger partial charge is 0.449 e. The molecule has 0 aromatic heterocycles. The molecule has 0 heterocycles. The Morgan fingerprint density at radius 2 is 1.42 bits per heavy atom. The van der Waals surface area contributed by atoms with Crippen molar-refractivity contribution in [2.24, 2.45) is 0 Å². The van der Waals surface area contributed by atoms with Gasteiger partial charge in [-0.1, -0.05) is 66.7 Å². The molecule has 33 heavy (non-hydrogen) atoms. The smallest absolute Gasteiger partial charge is 0.338 e. The summed E-state index contributed by atoms with van der Waals surface area (Å²) in [4.78, 5) is 27.5. The lowest BCUT2D eigenvalue weighted by atomic mass is 10.1. The van der Waals surface area contributed by atoms with Gasteiger partial charge in [0.15, 0.2) is 6.10 Å². The van der Waals surface area contributed by atoms with Crippen LogP contribution in [0.25, 0.3) is 0 Å². The van der Waals surface area contributed by atoms with Crippen molar-refractivity contribution in [2.45, 2.75) is 31.0 Å². The number of sulfonamides is 1. The van der Waals surface area contributed by atoms with Crippen LogP contribution in [0, 0.1) is 0 Å². The predicted molar refractivity (Wildman–Crippen MR) is 125 cm³/mol. The Kier molecular flexibility index (Phi) is 7.97. The van der Waals surface area contributed by atoms with Crippen LogP contribution in [-0.2, 0) is 32.6 Å². The quantitative estimate of drug-likeness (QED) is 0.488. The van der Waals surface area contributed by atoms with E-state index in [1.165, 1.54) is 38.2 Å². The molecular formula is C25H26N2O5S. The van der Waals surface area contributed by atoms with Crippen molar-refractivity contribution in [3.05, 3.63) is 102 Å². The number of carbonyl (C=O) groups is 2. The van der Waals surface area contributed by atoms with Crippen LogP contribution >= 0.6 is 0 Å². The van der Waals surface area contributed by atoms with Crippen molar-refractivity contribution in [2.75, 3.05) is 7.05 Å². The van der Waals surface area contributed by atoms with Gasteiger partial charge < -0.3 is 9.64 Å². The molecule has 1 N–H and O–H groups in total. The maximum absolute atomic E-state index is 13.2. The van der Waals surface area contributed by atoms with E-state index in [4.69, 9.17) is 4.74 Å². The number of hydrogen-bond acceptors (Lipinski definition) is 5. The van der Waals surface area contributed by atoms with Gasteiger partial charge in [-0.25, -0.2) is 17.9 Å². The van der Waals surface area contributed by atoms with Crippen molar-refractivity contribution < 1.29 is 22.7 Å². The third kappa shape index (κ3) is 6.50. The summed E-state index contributed by atoms with van der Waals surface area (Å²) >= 11 is 0. The number of rotatable bonds is 9. The normalized spacial score (nSPS) is 12.1. The molecule has 0 saturated heterocycles. The Hall–Kier alpha value is -3.49. The number of nitrogens with one attached hydrogen (secondary N) is 1. The molecule has 0 bridgehead atoms. The molecular weight excluding hydrogens is 440 g/mol. The Labute approximate surface area is 194 Å². The monoisotopic (exact) mass is 466 g/mol. The minimum absolute atomic E-state index is 0.0450. The highest BCUT2D eigenvalue weighted by molar-refractivity contribution is 7.89. The van der Waals surface area contributed by atoms with Gasteiger partial charge in [-0.2, -0.15) is 0 Å². The molecule has 0 aliphatic carbocycles. The first kappa shape index (κ1) is 24.2. The fourth-order valence-corrected chi connectivity index (χ4v) is 4.04. The fourth-order valence-electron chi connectivity index (χ4n) is 3.26. The molecule has 0 spiro atoms. The molecule has 1 amide bonds. The molecule has 0 saturated carbocycles. The van der Waals surface area contributed by atoms with Gasteiger partial charge >= 0.3 is 5.97 Å². The summed E-state index contributed by atoms with van der Waals surface area (Å²) in [5.74, 6) is -1.13. The highest BCUT2D eigenvalue weighted by atomic mass is 32.2. The van der Waals surface area contributed by atoms with Crippen LogP contribution < -0.4 is 4.72 Å². The Morgan fingerprint density at radius 3 is 1.94 bits per heavy atom. The summed E-state index contributed by atoms with van der Waals surface area (Å²) in [7, 11) is -2.43. The summed E-state index contributed by atoms with van der Waals surface area (Å²) in [5, 5.41) is 0. The molecule has 0 unspecified atom stereocenters. The van der Waals surface area contributed by atoms with E-state index >= 15 is 0 Å². The standard InChI is InChI=1S/C25H26N2O5S/c1-19(32-25(29)22-14-9-15-23(16-22)33(30,31)26-2)24(28)27(17-20-10-5-3-6-11-20)18-21-12-7-4-8-13-21/h3-16,19,26H,17-18H2,1-2H3/t19-/m0/s1. The molecule has 0 radical (unpaired) electrons. The number of amides is 1. The topological polar surface area (TPSA) is 92.8 Å². The second-order valence-electron chi connectivity index (χ2n) is 7.45. The molecule has 7 nitrogen and oxygen atoms in total. The first-order valence-corrected chi connectivity index (χ1v) is 11.9. The van der Waals surface area contributed by atoms with Gasteiger partial charge in [0.25, 0.3) is 5.91 Å². The second-order valence-corrected chi connectivity index (χ2v) is 9.33. The zero-order valence-corrected chi connectivity index (χ0v) is 19.3. The van der Waals surface area contributed by atoms with E-state index in [-0.39, 0.29) is 16.4 Å². The third-order valence-electron chi connectivity index (χ3n) is 5.02. The van der Waals surface area contributed by atoms with E-state index in [2.05, 4.69) is 4.72 Å². The molecule has 172 valence electrons. The van der Waals surface area contributed by atoms with E-state index in [9.17, 15) is 18.0 Å². The van der Waals surface area contributed by atoms with E-state index in [0.717, 1.165) is 11.1 Å². The zero-order valence-electron chi connectivity index (χ0n) is 18.5. The summed E-state index contributed by atoms with van der Waals surface area (Å²) in [6.07, 6.45) is -1.06. The molecule has 3 aromatic carbocycles. The molecule has 1 atom stereocenters. The summed E-state index contributed by atoms with van der Waals surface area (Å²) in [6, 6.07) is 24.6. The van der Waals surface area contributed by atoms with Crippen molar-refractivity contribution >= 4 is 21.9 Å². The Balaban J connectivity index is 1.77.